The fourth-order valence-electron chi connectivity index (χ4n) is 1.52. The molecule has 0 aliphatic rings. The summed E-state index contributed by atoms with van der Waals surface area (Å²) in [4.78, 5) is 0. The van der Waals surface area contributed by atoms with Gasteiger partial charge in [-0.25, -0.2) is 0 Å². The zero-order chi connectivity index (χ0) is 13.6. The Kier molecular flexibility index (Phi) is 5.98. The molecule has 0 aliphatic heterocycles. The highest BCUT2D eigenvalue weighted by Crippen LogP contribution is 2.34. The lowest BCUT2D eigenvalue weighted by Crippen LogP contribution is -2.19. The van der Waals surface area contributed by atoms with Gasteiger partial charge in [-0.05, 0) is 11.6 Å². The summed E-state index contributed by atoms with van der Waals surface area (Å²) in [7, 11) is 1.58. The summed E-state index contributed by atoms with van der Waals surface area (Å²) in [5.41, 5.74) is 5.31. The lowest BCUT2D eigenvalue weighted by molar-refractivity contribution is -0.138. The van der Waals surface area contributed by atoms with Crippen LogP contribution < -0.4 is 5.73 Å². The van der Waals surface area contributed by atoms with Crippen LogP contribution in [-0.2, 0) is 10.9 Å². The molecule has 0 aromatic heterocycles. The van der Waals surface area contributed by atoms with Crippen LogP contribution in [0, 0.1) is 0 Å². The number of alkyl halides is 3. The van der Waals surface area contributed by atoms with Gasteiger partial charge in [0.25, 0.3) is 0 Å². The number of methoxy groups -OCH3 is 1. The molecule has 1 aromatic rings. The van der Waals surface area contributed by atoms with E-state index in [1.165, 1.54) is 23.9 Å². The van der Waals surface area contributed by atoms with Gasteiger partial charge < -0.3 is 10.5 Å². The number of hydrogen-bond donors (Lipinski definition) is 1. The lowest BCUT2D eigenvalue weighted by atomic mass is 10.0. The van der Waals surface area contributed by atoms with Gasteiger partial charge in [0.1, 0.15) is 0 Å². The summed E-state index contributed by atoms with van der Waals surface area (Å²) in [6, 6.07) is 4.82. The molecule has 1 aromatic carbocycles. The van der Waals surface area contributed by atoms with Crippen molar-refractivity contribution in [2.45, 2.75) is 12.2 Å². The molecule has 0 bridgehead atoms. The van der Waals surface area contributed by atoms with Gasteiger partial charge in [0, 0.05) is 24.7 Å². The molecule has 0 heterocycles. The largest absolute Gasteiger partial charge is 0.416 e. The van der Waals surface area contributed by atoms with Crippen LogP contribution in [0.2, 0.25) is 0 Å². The van der Waals surface area contributed by atoms with Gasteiger partial charge in [-0.2, -0.15) is 24.9 Å². The summed E-state index contributed by atoms with van der Waals surface area (Å²) in [6.07, 6.45) is -4.36. The van der Waals surface area contributed by atoms with Crippen LogP contribution in [0.25, 0.3) is 0 Å². The first-order valence-electron chi connectivity index (χ1n) is 5.45. The van der Waals surface area contributed by atoms with Gasteiger partial charge >= 0.3 is 6.18 Å². The Morgan fingerprint density at radius 1 is 1.33 bits per heavy atom. The van der Waals surface area contributed by atoms with Crippen LogP contribution in [0.1, 0.15) is 17.2 Å². The second kappa shape index (κ2) is 7.01. The van der Waals surface area contributed by atoms with Crippen molar-refractivity contribution >= 4 is 11.8 Å². The first kappa shape index (κ1) is 15.3. The van der Waals surface area contributed by atoms with Crippen LogP contribution in [0.3, 0.4) is 0 Å². The molecule has 0 amide bonds. The zero-order valence-electron chi connectivity index (χ0n) is 10.0. The van der Waals surface area contributed by atoms with E-state index in [9.17, 15) is 13.2 Å². The van der Waals surface area contributed by atoms with E-state index < -0.39 is 17.8 Å². The van der Waals surface area contributed by atoms with E-state index in [1.807, 2.05) is 0 Å². The third-order valence-electron chi connectivity index (χ3n) is 2.39. The van der Waals surface area contributed by atoms with Crippen molar-refractivity contribution in [1.29, 1.82) is 0 Å². The van der Waals surface area contributed by atoms with E-state index in [0.29, 0.717) is 12.4 Å². The van der Waals surface area contributed by atoms with Crippen molar-refractivity contribution in [3.05, 3.63) is 35.4 Å². The monoisotopic (exact) mass is 279 g/mol. The Morgan fingerprint density at radius 3 is 2.61 bits per heavy atom. The first-order valence-corrected chi connectivity index (χ1v) is 6.60. The maximum atomic E-state index is 12.8. The Labute approximate surface area is 109 Å². The molecule has 1 atom stereocenters. The number of nitrogens with two attached hydrogens (primary N) is 1. The lowest BCUT2D eigenvalue weighted by Gasteiger charge is -2.17. The first-order chi connectivity index (χ1) is 8.46. The van der Waals surface area contributed by atoms with Crippen LogP contribution in [0.5, 0.6) is 0 Å². The topological polar surface area (TPSA) is 35.2 Å². The smallest absolute Gasteiger partial charge is 0.384 e. The minimum absolute atomic E-state index is 0.148. The molecular formula is C12H16F3NOS. The normalized spacial score (nSPS) is 13.6. The van der Waals surface area contributed by atoms with Crippen molar-refractivity contribution < 1.29 is 17.9 Å². The van der Waals surface area contributed by atoms with Gasteiger partial charge in [0.05, 0.1) is 12.2 Å². The molecule has 102 valence electrons. The molecule has 2 nitrogen and oxygen atoms in total. The van der Waals surface area contributed by atoms with E-state index in [4.69, 9.17) is 10.5 Å². The summed E-state index contributed by atoms with van der Waals surface area (Å²) in [5.74, 6) is 1.16. The SMILES string of the molecule is COCCSCC(N)c1ccccc1C(F)(F)F. The van der Waals surface area contributed by atoms with Crippen molar-refractivity contribution in [1.82, 2.24) is 0 Å². The molecule has 0 fully saturated rings. The number of thioether (sulfide) groups is 1. The van der Waals surface area contributed by atoms with Gasteiger partial charge in [0.2, 0.25) is 0 Å². The molecular weight excluding hydrogens is 263 g/mol. The maximum absolute atomic E-state index is 12.8. The molecule has 0 radical (unpaired) electrons. The quantitative estimate of drug-likeness (QED) is 0.813. The third-order valence-corrected chi connectivity index (χ3v) is 3.45. The highest BCUT2D eigenvalue weighted by molar-refractivity contribution is 7.99. The van der Waals surface area contributed by atoms with Crippen molar-refractivity contribution in [3.63, 3.8) is 0 Å². The second-order valence-electron chi connectivity index (χ2n) is 3.76. The fraction of sp³-hybridized carbons (Fsp3) is 0.500. The summed E-state index contributed by atoms with van der Waals surface area (Å²) >= 11 is 1.48. The van der Waals surface area contributed by atoms with E-state index in [2.05, 4.69) is 0 Å². The molecule has 0 saturated heterocycles. The van der Waals surface area contributed by atoms with E-state index in [0.717, 1.165) is 11.8 Å². The van der Waals surface area contributed by atoms with Gasteiger partial charge in [-0.15, -0.1) is 0 Å². The molecule has 0 saturated carbocycles. The molecule has 0 aliphatic carbocycles. The number of halogens is 3. The van der Waals surface area contributed by atoms with Crippen LogP contribution >= 0.6 is 11.8 Å². The standard InChI is InChI=1S/C12H16F3NOS/c1-17-6-7-18-8-11(16)9-4-2-3-5-10(9)12(13,14)15/h2-5,11H,6-8,16H2,1H3. The molecule has 1 unspecified atom stereocenters. The predicted molar refractivity (Wildman–Crippen MR) is 67.6 cm³/mol. The Balaban J connectivity index is 2.70. The predicted octanol–water partition coefficient (Wildman–Crippen LogP) is 3.08. The van der Waals surface area contributed by atoms with Gasteiger partial charge in [0.15, 0.2) is 0 Å². The highest BCUT2D eigenvalue weighted by atomic mass is 32.2. The average molecular weight is 279 g/mol. The molecule has 1 rings (SSSR count). The summed E-state index contributed by atoms with van der Waals surface area (Å²) in [6.45, 7) is 0.568. The number of ether oxygens (including phenoxy) is 1. The van der Waals surface area contributed by atoms with Crippen LogP contribution in [-0.4, -0.2) is 25.2 Å². The molecule has 0 spiro atoms. The Morgan fingerprint density at radius 2 is 2.00 bits per heavy atom. The second-order valence-corrected chi connectivity index (χ2v) is 4.91. The van der Waals surface area contributed by atoms with Gasteiger partial charge in [-0.3, -0.25) is 0 Å². The number of benzene rings is 1. The van der Waals surface area contributed by atoms with Crippen molar-refractivity contribution in [2.24, 2.45) is 5.73 Å². The van der Waals surface area contributed by atoms with Crippen molar-refractivity contribution in [2.75, 3.05) is 25.2 Å². The summed E-state index contributed by atoms with van der Waals surface area (Å²) in [5, 5.41) is 0. The molecule has 6 heteroatoms. The Bertz CT molecular complexity index is 371. The van der Waals surface area contributed by atoms with E-state index >= 15 is 0 Å². The summed E-state index contributed by atoms with van der Waals surface area (Å²) < 4.78 is 43.2. The minimum Gasteiger partial charge on any atom is -0.384 e. The van der Waals surface area contributed by atoms with Crippen LogP contribution in [0.15, 0.2) is 24.3 Å². The van der Waals surface area contributed by atoms with E-state index in [1.54, 1.807) is 13.2 Å². The molecule has 18 heavy (non-hydrogen) atoms. The fourth-order valence-corrected chi connectivity index (χ4v) is 2.41. The maximum Gasteiger partial charge on any atom is 0.416 e. The minimum atomic E-state index is -4.36. The zero-order valence-corrected chi connectivity index (χ0v) is 10.9. The number of hydrogen-bond acceptors (Lipinski definition) is 3. The Hall–Kier alpha value is -0.720. The van der Waals surface area contributed by atoms with E-state index in [-0.39, 0.29) is 5.56 Å². The van der Waals surface area contributed by atoms with Crippen LogP contribution in [0.4, 0.5) is 13.2 Å². The average Bonchev–Trinajstić information content (AvgIpc) is 2.33. The third kappa shape index (κ3) is 4.51. The molecule has 2 N–H and O–H groups in total. The van der Waals surface area contributed by atoms with Crippen molar-refractivity contribution in [3.8, 4) is 0 Å². The van der Waals surface area contributed by atoms with Gasteiger partial charge in [-0.1, -0.05) is 18.2 Å². The number of rotatable bonds is 6. The highest BCUT2D eigenvalue weighted by Gasteiger charge is 2.34.